The Kier molecular flexibility index (Phi) is 7.45. The van der Waals surface area contributed by atoms with Crippen molar-refractivity contribution in [3.05, 3.63) is 59.7 Å². The summed E-state index contributed by atoms with van der Waals surface area (Å²) in [5, 5.41) is 0. The predicted molar refractivity (Wildman–Crippen MR) is 112 cm³/mol. The first kappa shape index (κ1) is 21.4. The Bertz CT molecular complexity index is 900. The highest BCUT2D eigenvalue weighted by Gasteiger charge is 2.17. The van der Waals surface area contributed by atoms with Crippen molar-refractivity contribution in [2.45, 2.75) is 0 Å². The summed E-state index contributed by atoms with van der Waals surface area (Å²) in [6, 6.07) is 12.1. The minimum atomic E-state index is -0.138. The molecule has 0 spiro atoms. The molecule has 2 aromatic carbocycles. The molecular weight excluding hydrogens is 386 g/mol. The SMILES string of the molecule is COc1ccc(/C=C/C(=O)c2ccc(OCC(=O)N3CCOCC3)cc2)cc1OC. The van der Waals surface area contributed by atoms with Crippen LogP contribution in [-0.4, -0.2) is 63.7 Å². The lowest BCUT2D eigenvalue weighted by molar-refractivity contribution is -0.137. The van der Waals surface area contributed by atoms with Crippen molar-refractivity contribution >= 4 is 17.8 Å². The summed E-state index contributed by atoms with van der Waals surface area (Å²) in [4.78, 5) is 26.3. The molecule has 0 bridgehead atoms. The van der Waals surface area contributed by atoms with Gasteiger partial charge in [-0.3, -0.25) is 9.59 Å². The molecule has 1 fully saturated rings. The largest absolute Gasteiger partial charge is 0.493 e. The molecule has 0 atom stereocenters. The van der Waals surface area contributed by atoms with Crippen LogP contribution in [0.5, 0.6) is 17.2 Å². The Morgan fingerprint density at radius 1 is 1.00 bits per heavy atom. The molecular formula is C23H25NO6. The van der Waals surface area contributed by atoms with Gasteiger partial charge in [-0.15, -0.1) is 0 Å². The molecule has 0 aliphatic carbocycles. The first-order valence-corrected chi connectivity index (χ1v) is 9.63. The van der Waals surface area contributed by atoms with Crippen LogP contribution < -0.4 is 14.2 Å². The number of hydrogen-bond donors (Lipinski definition) is 0. The smallest absolute Gasteiger partial charge is 0.260 e. The number of ether oxygens (including phenoxy) is 4. The van der Waals surface area contributed by atoms with Crippen LogP contribution in [0.25, 0.3) is 6.08 Å². The third-order valence-electron chi connectivity index (χ3n) is 4.70. The molecule has 0 radical (unpaired) electrons. The highest BCUT2D eigenvalue weighted by atomic mass is 16.5. The molecule has 1 aliphatic rings. The van der Waals surface area contributed by atoms with Crippen molar-refractivity contribution in [2.75, 3.05) is 47.1 Å². The van der Waals surface area contributed by atoms with Crippen LogP contribution >= 0.6 is 0 Å². The summed E-state index contributed by atoms with van der Waals surface area (Å²) in [7, 11) is 3.14. The number of hydrogen-bond acceptors (Lipinski definition) is 6. The van der Waals surface area contributed by atoms with Crippen LogP contribution in [0, 0.1) is 0 Å². The van der Waals surface area contributed by atoms with E-state index in [0.717, 1.165) is 5.56 Å². The molecule has 0 unspecified atom stereocenters. The fourth-order valence-electron chi connectivity index (χ4n) is 2.99. The number of benzene rings is 2. The zero-order chi connectivity index (χ0) is 21.3. The van der Waals surface area contributed by atoms with E-state index < -0.39 is 0 Å². The molecule has 30 heavy (non-hydrogen) atoms. The first-order valence-electron chi connectivity index (χ1n) is 9.63. The van der Waals surface area contributed by atoms with Crippen LogP contribution in [0.2, 0.25) is 0 Å². The highest BCUT2D eigenvalue weighted by Crippen LogP contribution is 2.28. The van der Waals surface area contributed by atoms with Gasteiger partial charge in [0.05, 0.1) is 27.4 Å². The van der Waals surface area contributed by atoms with Gasteiger partial charge in [0.2, 0.25) is 0 Å². The Morgan fingerprint density at radius 3 is 2.37 bits per heavy atom. The van der Waals surface area contributed by atoms with Gasteiger partial charge in [-0.05, 0) is 48.0 Å². The monoisotopic (exact) mass is 411 g/mol. The quantitative estimate of drug-likeness (QED) is 0.491. The average Bonchev–Trinajstić information content (AvgIpc) is 2.81. The number of ketones is 1. The summed E-state index contributed by atoms with van der Waals surface area (Å²) >= 11 is 0. The molecule has 2 aromatic rings. The van der Waals surface area contributed by atoms with Crippen molar-refractivity contribution in [2.24, 2.45) is 0 Å². The Labute approximate surface area is 175 Å². The maximum atomic E-state index is 12.4. The Morgan fingerprint density at radius 2 is 1.70 bits per heavy atom. The number of methoxy groups -OCH3 is 2. The van der Waals surface area contributed by atoms with Crippen LogP contribution in [0.1, 0.15) is 15.9 Å². The van der Waals surface area contributed by atoms with Gasteiger partial charge >= 0.3 is 0 Å². The zero-order valence-corrected chi connectivity index (χ0v) is 17.1. The molecule has 0 saturated carbocycles. The fraction of sp³-hybridized carbons (Fsp3) is 0.304. The van der Waals surface area contributed by atoms with E-state index in [4.69, 9.17) is 18.9 Å². The van der Waals surface area contributed by atoms with E-state index in [1.165, 1.54) is 6.08 Å². The van der Waals surface area contributed by atoms with Crippen LogP contribution in [0.3, 0.4) is 0 Å². The molecule has 1 aliphatic heterocycles. The molecule has 7 nitrogen and oxygen atoms in total. The van der Waals surface area contributed by atoms with Gasteiger partial charge in [0.1, 0.15) is 5.75 Å². The van der Waals surface area contributed by atoms with Crippen molar-refractivity contribution in [3.63, 3.8) is 0 Å². The van der Waals surface area contributed by atoms with Gasteiger partial charge in [-0.1, -0.05) is 12.1 Å². The third-order valence-corrected chi connectivity index (χ3v) is 4.70. The maximum absolute atomic E-state index is 12.4. The topological polar surface area (TPSA) is 74.3 Å². The van der Waals surface area contributed by atoms with E-state index in [9.17, 15) is 9.59 Å². The number of nitrogens with zero attached hydrogens (tertiary/aromatic N) is 1. The van der Waals surface area contributed by atoms with Crippen LogP contribution in [0.15, 0.2) is 48.5 Å². The van der Waals surface area contributed by atoms with Crippen LogP contribution in [-0.2, 0) is 9.53 Å². The Balaban J connectivity index is 1.55. The second-order valence-electron chi connectivity index (χ2n) is 6.62. The average molecular weight is 411 g/mol. The summed E-state index contributed by atoms with van der Waals surface area (Å²) in [6.07, 6.45) is 3.22. The van der Waals surface area contributed by atoms with E-state index in [-0.39, 0.29) is 18.3 Å². The van der Waals surface area contributed by atoms with E-state index in [2.05, 4.69) is 0 Å². The van der Waals surface area contributed by atoms with E-state index >= 15 is 0 Å². The Hall–Kier alpha value is -3.32. The van der Waals surface area contributed by atoms with Crippen molar-refractivity contribution in [3.8, 4) is 17.2 Å². The second kappa shape index (κ2) is 10.5. The molecule has 1 saturated heterocycles. The number of allylic oxidation sites excluding steroid dienone is 1. The number of amides is 1. The summed E-state index contributed by atoms with van der Waals surface area (Å²) < 4.78 is 21.3. The highest BCUT2D eigenvalue weighted by molar-refractivity contribution is 6.06. The van der Waals surface area contributed by atoms with Gasteiger partial charge in [-0.2, -0.15) is 0 Å². The van der Waals surface area contributed by atoms with E-state index in [1.54, 1.807) is 61.6 Å². The van der Waals surface area contributed by atoms with Crippen molar-refractivity contribution in [1.82, 2.24) is 4.90 Å². The normalized spacial score (nSPS) is 13.9. The first-order chi connectivity index (χ1) is 14.6. The molecule has 0 aromatic heterocycles. The lowest BCUT2D eigenvalue weighted by Crippen LogP contribution is -2.42. The molecule has 158 valence electrons. The fourth-order valence-corrected chi connectivity index (χ4v) is 2.99. The van der Waals surface area contributed by atoms with Crippen LogP contribution in [0.4, 0.5) is 0 Å². The standard InChI is InChI=1S/C23H25NO6/c1-27-21-10-4-17(15-22(21)28-2)3-9-20(25)18-5-7-19(8-6-18)30-16-23(26)24-11-13-29-14-12-24/h3-10,15H,11-14,16H2,1-2H3/b9-3+. The molecule has 1 amide bonds. The van der Waals surface area contributed by atoms with Gasteiger partial charge in [-0.25, -0.2) is 0 Å². The lowest BCUT2D eigenvalue weighted by atomic mass is 10.1. The number of carbonyl (C=O) groups is 2. The maximum Gasteiger partial charge on any atom is 0.260 e. The second-order valence-corrected chi connectivity index (χ2v) is 6.62. The minimum Gasteiger partial charge on any atom is -0.493 e. The third kappa shape index (κ3) is 5.61. The molecule has 1 heterocycles. The number of rotatable bonds is 8. The van der Waals surface area contributed by atoms with Crippen molar-refractivity contribution < 1.29 is 28.5 Å². The lowest BCUT2D eigenvalue weighted by Gasteiger charge is -2.26. The van der Waals surface area contributed by atoms with Gasteiger partial charge in [0.25, 0.3) is 5.91 Å². The summed E-state index contributed by atoms with van der Waals surface area (Å²) in [5.74, 6) is 1.55. The van der Waals surface area contributed by atoms with Gasteiger partial charge in [0.15, 0.2) is 23.9 Å². The van der Waals surface area contributed by atoms with E-state index in [1.807, 2.05) is 6.07 Å². The summed E-state index contributed by atoms with van der Waals surface area (Å²) in [5.41, 5.74) is 1.35. The zero-order valence-electron chi connectivity index (χ0n) is 17.1. The van der Waals surface area contributed by atoms with Crippen molar-refractivity contribution in [1.29, 1.82) is 0 Å². The van der Waals surface area contributed by atoms with Gasteiger partial charge in [0, 0.05) is 18.7 Å². The summed E-state index contributed by atoms with van der Waals surface area (Å²) in [6.45, 7) is 2.25. The number of morpholine rings is 1. The minimum absolute atomic E-state index is 0.0352. The molecule has 7 heteroatoms. The predicted octanol–water partition coefficient (Wildman–Crippen LogP) is 2.84. The number of carbonyl (C=O) groups excluding carboxylic acids is 2. The van der Waals surface area contributed by atoms with E-state index in [0.29, 0.717) is 49.1 Å². The molecule has 3 rings (SSSR count). The van der Waals surface area contributed by atoms with Gasteiger partial charge < -0.3 is 23.8 Å². The molecule has 0 N–H and O–H groups in total.